The summed E-state index contributed by atoms with van der Waals surface area (Å²) in [4.78, 5) is 24.5. The average Bonchev–Trinajstić information content (AvgIpc) is 3.12. The Balaban J connectivity index is 1.57. The third kappa shape index (κ3) is 2.02. The first-order valence-corrected chi connectivity index (χ1v) is 7.05. The van der Waals surface area contributed by atoms with E-state index in [1.54, 1.807) is 24.3 Å². The van der Waals surface area contributed by atoms with E-state index in [-0.39, 0.29) is 24.9 Å². The Bertz CT molecular complexity index is 784. The van der Waals surface area contributed by atoms with Crippen LogP contribution in [0.15, 0.2) is 42.5 Å². The van der Waals surface area contributed by atoms with Crippen LogP contribution in [0.5, 0.6) is 11.5 Å². The van der Waals surface area contributed by atoms with E-state index in [1.165, 1.54) is 0 Å². The zero-order chi connectivity index (χ0) is 15.1. The van der Waals surface area contributed by atoms with Crippen molar-refractivity contribution in [3.8, 4) is 11.5 Å². The van der Waals surface area contributed by atoms with Crippen molar-refractivity contribution in [3.05, 3.63) is 53.6 Å². The molecule has 22 heavy (non-hydrogen) atoms. The quantitative estimate of drug-likeness (QED) is 0.925. The number of amides is 1. The first-order chi connectivity index (χ1) is 10.7. The SMILES string of the molecule is O=C1C[C@H](C(=O)Nc2ccc3c(c2)OCO3)c2ccccc21. The van der Waals surface area contributed by atoms with E-state index in [1.807, 2.05) is 18.2 Å². The van der Waals surface area contributed by atoms with Gasteiger partial charge < -0.3 is 14.8 Å². The molecule has 1 amide bonds. The molecule has 2 aromatic carbocycles. The Morgan fingerprint density at radius 3 is 2.82 bits per heavy atom. The van der Waals surface area contributed by atoms with Gasteiger partial charge in [0.15, 0.2) is 17.3 Å². The number of fused-ring (bicyclic) bond motifs is 2. The number of nitrogens with one attached hydrogen (secondary N) is 1. The number of rotatable bonds is 2. The monoisotopic (exact) mass is 295 g/mol. The van der Waals surface area contributed by atoms with Crippen LogP contribution in [0.25, 0.3) is 0 Å². The molecule has 1 atom stereocenters. The molecule has 0 spiro atoms. The maximum atomic E-state index is 12.5. The fourth-order valence-corrected chi connectivity index (χ4v) is 2.90. The lowest BCUT2D eigenvalue weighted by molar-refractivity contribution is -0.117. The van der Waals surface area contributed by atoms with Gasteiger partial charge in [-0.2, -0.15) is 0 Å². The second-order valence-corrected chi connectivity index (χ2v) is 5.32. The van der Waals surface area contributed by atoms with Crippen molar-refractivity contribution < 1.29 is 19.1 Å². The first-order valence-electron chi connectivity index (χ1n) is 7.05. The summed E-state index contributed by atoms with van der Waals surface area (Å²) in [5, 5.41) is 2.85. The Morgan fingerprint density at radius 1 is 1.09 bits per heavy atom. The van der Waals surface area contributed by atoms with E-state index in [4.69, 9.17) is 9.47 Å². The van der Waals surface area contributed by atoms with E-state index in [2.05, 4.69) is 5.32 Å². The predicted molar refractivity (Wildman–Crippen MR) is 79.3 cm³/mol. The minimum atomic E-state index is -0.436. The van der Waals surface area contributed by atoms with Crippen molar-refractivity contribution >= 4 is 17.4 Å². The number of Topliss-reactive ketones (excluding diaryl/α,β-unsaturated/α-hetero) is 1. The van der Waals surface area contributed by atoms with Gasteiger partial charge in [0.25, 0.3) is 0 Å². The van der Waals surface area contributed by atoms with E-state index in [9.17, 15) is 9.59 Å². The van der Waals surface area contributed by atoms with Crippen LogP contribution < -0.4 is 14.8 Å². The number of anilines is 1. The van der Waals surface area contributed by atoms with E-state index in [0.717, 1.165) is 5.56 Å². The maximum Gasteiger partial charge on any atom is 0.232 e. The average molecular weight is 295 g/mol. The molecule has 4 rings (SSSR count). The van der Waals surface area contributed by atoms with Gasteiger partial charge in [-0.1, -0.05) is 24.3 Å². The zero-order valence-corrected chi connectivity index (χ0v) is 11.7. The van der Waals surface area contributed by atoms with Gasteiger partial charge in [0.1, 0.15) is 0 Å². The smallest absolute Gasteiger partial charge is 0.232 e. The number of ketones is 1. The van der Waals surface area contributed by atoms with Gasteiger partial charge in [0.2, 0.25) is 12.7 Å². The molecule has 0 unspecified atom stereocenters. The minimum Gasteiger partial charge on any atom is -0.454 e. The molecule has 2 aliphatic rings. The van der Waals surface area contributed by atoms with E-state index < -0.39 is 5.92 Å². The molecule has 0 saturated carbocycles. The van der Waals surface area contributed by atoms with Crippen molar-refractivity contribution in [2.75, 3.05) is 12.1 Å². The van der Waals surface area contributed by atoms with Crippen LogP contribution in [0.4, 0.5) is 5.69 Å². The Hall–Kier alpha value is -2.82. The largest absolute Gasteiger partial charge is 0.454 e. The highest BCUT2D eigenvalue weighted by molar-refractivity contribution is 6.09. The molecule has 110 valence electrons. The molecule has 0 aromatic heterocycles. The molecule has 5 nitrogen and oxygen atoms in total. The van der Waals surface area contributed by atoms with Crippen molar-refractivity contribution in [1.82, 2.24) is 0 Å². The molecule has 1 heterocycles. The molecule has 1 aliphatic heterocycles. The summed E-state index contributed by atoms with van der Waals surface area (Å²) in [7, 11) is 0. The summed E-state index contributed by atoms with van der Waals surface area (Å²) < 4.78 is 10.5. The standard InChI is InChI=1S/C17H13NO4/c19-14-8-13(11-3-1-2-4-12(11)14)17(20)18-10-5-6-15-16(7-10)22-9-21-15/h1-7,13H,8-9H2,(H,18,20)/t13-/m0/s1. The van der Waals surface area contributed by atoms with Gasteiger partial charge in [-0.05, 0) is 17.7 Å². The van der Waals surface area contributed by atoms with Gasteiger partial charge in [-0.25, -0.2) is 0 Å². The lowest BCUT2D eigenvalue weighted by Gasteiger charge is -2.12. The molecule has 1 aliphatic carbocycles. The van der Waals surface area contributed by atoms with Crippen LogP contribution >= 0.6 is 0 Å². The topological polar surface area (TPSA) is 64.6 Å². The first kappa shape index (κ1) is 12.9. The van der Waals surface area contributed by atoms with Crippen LogP contribution in [-0.4, -0.2) is 18.5 Å². The van der Waals surface area contributed by atoms with Crippen LogP contribution in [0.1, 0.15) is 28.3 Å². The second-order valence-electron chi connectivity index (χ2n) is 5.32. The van der Waals surface area contributed by atoms with Crippen LogP contribution in [0.3, 0.4) is 0 Å². The maximum absolute atomic E-state index is 12.5. The minimum absolute atomic E-state index is 0.0152. The van der Waals surface area contributed by atoms with Crippen molar-refractivity contribution in [3.63, 3.8) is 0 Å². The molecule has 0 radical (unpaired) electrons. The summed E-state index contributed by atoms with van der Waals surface area (Å²) in [6, 6.07) is 12.5. The van der Waals surface area contributed by atoms with Crippen molar-refractivity contribution in [1.29, 1.82) is 0 Å². The summed E-state index contributed by atoms with van der Waals surface area (Å²) in [5.74, 6) is 0.674. The third-order valence-electron chi connectivity index (χ3n) is 3.98. The highest BCUT2D eigenvalue weighted by atomic mass is 16.7. The second kappa shape index (κ2) is 4.87. The number of benzene rings is 2. The lowest BCUT2D eigenvalue weighted by Crippen LogP contribution is -2.19. The molecular weight excluding hydrogens is 282 g/mol. The fraction of sp³-hybridized carbons (Fsp3) is 0.176. The third-order valence-corrected chi connectivity index (χ3v) is 3.98. The highest BCUT2D eigenvalue weighted by Crippen LogP contribution is 2.36. The van der Waals surface area contributed by atoms with Gasteiger partial charge >= 0.3 is 0 Å². The zero-order valence-electron chi connectivity index (χ0n) is 11.7. The van der Waals surface area contributed by atoms with Gasteiger partial charge in [0.05, 0.1) is 5.92 Å². The number of hydrogen-bond donors (Lipinski definition) is 1. The Labute approximate surface area is 126 Å². The summed E-state index contributed by atoms with van der Waals surface area (Å²) in [6.07, 6.45) is 0.218. The van der Waals surface area contributed by atoms with Crippen LogP contribution in [-0.2, 0) is 4.79 Å². The van der Waals surface area contributed by atoms with Crippen molar-refractivity contribution in [2.24, 2.45) is 0 Å². The van der Waals surface area contributed by atoms with Gasteiger partial charge in [-0.15, -0.1) is 0 Å². The Morgan fingerprint density at radius 2 is 1.91 bits per heavy atom. The molecular formula is C17H13NO4. The predicted octanol–water partition coefficient (Wildman–Crippen LogP) is 2.72. The molecule has 0 saturated heterocycles. The number of hydrogen-bond acceptors (Lipinski definition) is 4. The highest BCUT2D eigenvalue weighted by Gasteiger charge is 2.34. The molecule has 0 bridgehead atoms. The summed E-state index contributed by atoms with van der Waals surface area (Å²) in [5.41, 5.74) is 2.07. The fourth-order valence-electron chi connectivity index (χ4n) is 2.90. The number of carbonyl (C=O) groups excluding carboxylic acids is 2. The van der Waals surface area contributed by atoms with Crippen molar-refractivity contribution in [2.45, 2.75) is 12.3 Å². The van der Waals surface area contributed by atoms with Gasteiger partial charge in [-0.3, -0.25) is 9.59 Å². The number of ether oxygens (including phenoxy) is 2. The van der Waals surface area contributed by atoms with E-state index >= 15 is 0 Å². The summed E-state index contributed by atoms with van der Waals surface area (Å²) in [6.45, 7) is 0.192. The molecule has 0 fully saturated rings. The van der Waals surface area contributed by atoms with E-state index in [0.29, 0.717) is 22.7 Å². The normalized spacial score (nSPS) is 18.2. The van der Waals surface area contributed by atoms with Crippen LogP contribution in [0, 0.1) is 0 Å². The van der Waals surface area contributed by atoms with Crippen LogP contribution in [0.2, 0.25) is 0 Å². The van der Waals surface area contributed by atoms with Gasteiger partial charge in [0, 0.05) is 23.7 Å². The summed E-state index contributed by atoms with van der Waals surface area (Å²) >= 11 is 0. The molecule has 1 N–H and O–H groups in total. The number of carbonyl (C=O) groups is 2. The molecule has 5 heteroatoms. The Kier molecular flexibility index (Phi) is 2.85. The molecule has 2 aromatic rings. The lowest BCUT2D eigenvalue weighted by atomic mass is 10.0.